The maximum absolute atomic E-state index is 13.3. The fourth-order valence-corrected chi connectivity index (χ4v) is 2.76. The van der Waals surface area contributed by atoms with Gasteiger partial charge in [-0.2, -0.15) is 0 Å². The third-order valence-electron chi connectivity index (χ3n) is 3.32. The number of benzene rings is 2. The predicted molar refractivity (Wildman–Crippen MR) is 86.6 cm³/mol. The highest BCUT2D eigenvalue weighted by Gasteiger charge is 2.20. The average molecular weight is 352 g/mol. The smallest absolute Gasteiger partial charge is 0.137 e. The first-order chi connectivity index (χ1) is 10.1. The zero-order valence-electron chi connectivity index (χ0n) is 11.9. The molecule has 2 aromatic rings. The molecule has 2 nitrogen and oxygen atoms in total. The van der Waals surface area contributed by atoms with Crippen molar-refractivity contribution in [3.63, 3.8) is 0 Å². The van der Waals surface area contributed by atoms with Gasteiger partial charge in [-0.15, -0.1) is 0 Å². The minimum absolute atomic E-state index is 0.167. The van der Waals surface area contributed by atoms with E-state index in [0.717, 1.165) is 11.1 Å². The van der Waals surface area contributed by atoms with Crippen LogP contribution in [0.3, 0.4) is 0 Å². The lowest BCUT2D eigenvalue weighted by atomic mass is 9.96. The molecular weight excluding hydrogens is 333 g/mol. The summed E-state index contributed by atoms with van der Waals surface area (Å²) in [5.74, 6) is -0.267. The minimum Gasteiger partial charge on any atom is -0.372 e. The van der Waals surface area contributed by atoms with E-state index in [0.29, 0.717) is 17.5 Å². The Kier molecular flexibility index (Phi) is 5.91. The lowest BCUT2D eigenvalue weighted by Crippen LogP contribution is -2.32. The van der Waals surface area contributed by atoms with Crippen LogP contribution in [0.2, 0.25) is 0 Å². The van der Waals surface area contributed by atoms with Gasteiger partial charge in [0.05, 0.1) is 10.6 Å². The molecule has 0 saturated heterocycles. The molecule has 2 N–H and O–H groups in total. The highest BCUT2D eigenvalue weighted by atomic mass is 79.9. The van der Waals surface area contributed by atoms with Gasteiger partial charge in [0.1, 0.15) is 5.82 Å². The summed E-state index contributed by atoms with van der Waals surface area (Å²) < 4.78 is 19.5. The van der Waals surface area contributed by atoms with Crippen molar-refractivity contribution in [2.45, 2.75) is 25.5 Å². The summed E-state index contributed by atoms with van der Waals surface area (Å²) in [6, 6.07) is 14.7. The van der Waals surface area contributed by atoms with E-state index in [-0.39, 0.29) is 18.0 Å². The molecule has 0 bridgehead atoms. The summed E-state index contributed by atoms with van der Waals surface area (Å²) in [5.41, 5.74) is 8.37. The second kappa shape index (κ2) is 7.69. The highest BCUT2D eigenvalue weighted by Crippen LogP contribution is 2.24. The number of rotatable bonds is 6. The van der Waals surface area contributed by atoms with Gasteiger partial charge in [0, 0.05) is 12.6 Å². The van der Waals surface area contributed by atoms with E-state index in [1.54, 1.807) is 12.1 Å². The Bertz CT molecular complexity index is 576. The molecule has 0 aromatic heterocycles. The zero-order valence-corrected chi connectivity index (χ0v) is 13.5. The van der Waals surface area contributed by atoms with Crippen LogP contribution in [-0.2, 0) is 11.2 Å². The quantitative estimate of drug-likeness (QED) is 0.844. The van der Waals surface area contributed by atoms with Gasteiger partial charge in [-0.25, -0.2) is 4.39 Å². The van der Waals surface area contributed by atoms with Crippen LogP contribution in [0, 0.1) is 5.82 Å². The molecule has 2 unspecified atom stereocenters. The van der Waals surface area contributed by atoms with Gasteiger partial charge in [-0.1, -0.05) is 36.4 Å². The van der Waals surface area contributed by atoms with E-state index >= 15 is 0 Å². The minimum atomic E-state index is -0.267. The van der Waals surface area contributed by atoms with Crippen LogP contribution in [0.5, 0.6) is 0 Å². The predicted octanol–water partition coefficient (Wildman–Crippen LogP) is 4.24. The first kappa shape index (κ1) is 16.1. The van der Waals surface area contributed by atoms with Gasteiger partial charge in [0.2, 0.25) is 0 Å². The zero-order chi connectivity index (χ0) is 15.2. The Morgan fingerprint density at radius 3 is 2.52 bits per heavy atom. The van der Waals surface area contributed by atoms with E-state index in [1.807, 2.05) is 37.3 Å². The first-order valence-electron chi connectivity index (χ1n) is 6.98. The van der Waals surface area contributed by atoms with Gasteiger partial charge in [0.15, 0.2) is 0 Å². The number of nitrogens with two attached hydrogens (primary N) is 1. The third-order valence-corrected chi connectivity index (χ3v) is 3.93. The van der Waals surface area contributed by atoms with E-state index in [9.17, 15) is 4.39 Å². The monoisotopic (exact) mass is 351 g/mol. The van der Waals surface area contributed by atoms with Crippen molar-refractivity contribution in [1.29, 1.82) is 0 Å². The Hall–Kier alpha value is -1.23. The summed E-state index contributed by atoms with van der Waals surface area (Å²) in [6.45, 7) is 2.55. The molecule has 0 spiro atoms. The molecular formula is C17H19BrFNO. The molecule has 0 aliphatic rings. The lowest BCUT2D eigenvalue weighted by molar-refractivity contribution is 0.0433. The van der Waals surface area contributed by atoms with Crippen molar-refractivity contribution in [3.05, 3.63) is 69.9 Å². The van der Waals surface area contributed by atoms with Crippen LogP contribution < -0.4 is 5.73 Å². The summed E-state index contributed by atoms with van der Waals surface area (Å²) in [7, 11) is 0. The Labute approximate surface area is 133 Å². The molecule has 4 heteroatoms. The number of halogens is 2. The maximum atomic E-state index is 13.3. The average Bonchev–Trinajstić information content (AvgIpc) is 2.49. The van der Waals surface area contributed by atoms with Gasteiger partial charge in [0.25, 0.3) is 0 Å². The second-order valence-electron chi connectivity index (χ2n) is 4.90. The van der Waals surface area contributed by atoms with Crippen LogP contribution >= 0.6 is 15.9 Å². The Morgan fingerprint density at radius 1 is 1.19 bits per heavy atom. The molecule has 2 aromatic carbocycles. The molecule has 112 valence electrons. The fourth-order valence-electron chi connectivity index (χ4n) is 2.34. The number of hydrogen-bond acceptors (Lipinski definition) is 2. The normalized spacial score (nSPS) is 13.9. The van der Waals surface area contributed by atoms with Crippen LogP contribution in [0.25, 0.3) is 0 Å². The summed E-state index contributed by atoms with van der Waals surface area (Å²) in [5, 5.41) is 0. The van der Waals surface area contributed by atoms with Gasteiger partial charge < -0.3 is 10.5 Å². The van der Waals surface area contributed by atoms with Crippen molar-refractivity contribution in [2.75, 3.05) is 6.61 Å². The largest absolute Gasteiger partial charge is 0.372 e. The van der Waals surface area contributed by atoms with Crippen molar-refractivity contribution < 1.29 is 9.13 Å². The fraction of sp³-hybridized carbons (Fsp3) is 0.294. The van der Waals surface area contributed by atoms with Crippen molar-refractivity contribution in [2.24, 2.45) is 5.73 Å². The van der Waals surface area contributed by atoms with Gasteiger partial charge in [-0.05, 0) is 52.5 Å². The topological polar surface area (TPSA) is 35.2 Å². The number of hydrogen-bond donors (Lipinski definition) is 1. The molecule has 0 radical (unpaired) electrons. The molecule has 0 heterocycles. The van der Waals surface area contributed by atoms with Crippen molar-refractivity contribution >= 4 is 15.9 Å². The lowest BCUT2D eigenvalue weighted by Gasteiger charge is -2.24. The second-order valence-corrected chi connectivity index (χ2v) is 5.76. The summed E-state index contributed by atoms with van der Waals surface area (Å²) >= 11 is 3.20. The van der Waals surface area contributed by atoms with Crippen LogP contribution in [0.1, 0.15) is 24.2 Å². The van der Waals surface area contributed by atoms with E-state index in [4.69, 9.17) is 10.5 Å². The van der Waals surface area contributed by atoms with E-state index in [2.05, 4.69) is 15.9 Å². The third kappa shape index (κ3) is 4.37. The highest BCUT2D eigenvalue weighted by molar-refractivity contribution is 9.10. The van der Waals surface area contributed by atoms with Crippen molar-refractivity contribution in [1.82, 2.24) is 0 Å². The maximum Gasteiger partial charge on any atom is 0.137 e. The Morgan fingerprint density at radius 2 is 1.90 bits per heavy atom. The molecule has 0 aliphatic heterocycles. The molecule has 2 atom stereocenters. The molecule has 21 heavy (non-hydrogen) atoms. The first-order valence-corrected chi connectivity index (χ1v) is 7.77. The SMILES string of the molecule is CCOC(c1ccccc1)C(N)Cc1ccc(F)c(Br)c1. The summed E-state index contributed by atoms with van der Waals surface area (Å²) in [4.78, 5) is 0. The van der Waals surface area contributed by atoms with Crippen LogP contribution in [0.15, 0.2) is 53.0 Å². The standard InChI is InChI=1S/C17H19BrFNO/c1-2-21-17(13-6-4-3-5-7-13)16(20)11-12-8-9-15(19)14(18)10-12/h3-10,16-17H,2,11,20H2,1H3. The molecule has 0 saturated carbocycles. The van der Waals surface area contributed by atoms with Gasteiger partial charge >= 0.3 is 0 Å². The van der Waals surface area contributed by atoms with Crippen LogP contribution in [-0.4, -0.2) is 12.6 Å². The van der Waals surface area contributed by atoms with Crippen molar-refractivity contribution in [3.8, 4) is 0 Å². The summed E-state index contributed by atoms with van der Waals surface area (Å²) in [6.07, 6.45) is 0.457. The van der Waals surface area contributed by atoms with E-state index in [1.165, 1.54) is 6.07 Å². The molecule has 0 amide bonds. The Balaban J connectivity index is 2.15. The van der Waals surface area contributed by atoms with Crippen LogP contribution in [0.4, 0.5) is 4.39 Å². The van der Waals surface area contributed by atoms with E-state index < -0.39 is 0 Å². The number of ether oxygens (including phenoxy) is 1. The molecule has 2 rings (SSSR count). The molecule has 0 aliphatic carbocycles. The van der Waals surface area contributed by atoms with Gasteiger partial charge in [-0.3, -0.25) is 0 Å². The molecule has 0 fully saturated rings.